The predicted molar refractivity (Wildman–Crippen MR) is 122 cm³/mol. The highest BCUT2D eigenvalue weighted by Crippen LogP contribution is 2.34. The fourth-order valence-corrected chi connectivity index (χ4v) is 5.73. The Kier molecular flexibility index (Phi) is 6.06. The van der Waals surface area contributed by atoms with Crippen molar-refractivity contribution in [2.75, 3.05) is 17.2 Å². The van der Waals surface area contributed by atoms with Gasteiger partial charge in [0.1, 0.15) is 22.2 Å². The molecule has 0 spiro atoms. The summed E-state index contributed by atoms with van der Waals surface area (Å²) in [5.41, 5.74) is 3.33. The predicted octanol–water partition coefficient (Wildman–Crippen LogP) is 3.88. The number of carbonyl (C=O) groups is 2. The van der Waals surface area contributed by atoms with Crippen molar-refractivity contribution in [2.24, 2.45) is 0 Å². The normalized spacial score (nSPS) is 14.0. The molecule has 1 aromatic carbocycles. The summed E-state index contributed by atoms with van der Waals surface area (Å²) in [5.74, 6) is 0.405. The van der Waals surface area contributed by atoms with Crippen molar-refractivity contribution >= 4 is 50.8 Å². The van der Waals surface area contributed by atoms with Crippen LogP contribution in [0.2, 0.25) is 0 Å². The summed E-state index contributed by atoms with van der Waals surface area (Å²) in [6.45, 7) is 6.58. The number of hydrogen-bond acceptors (Lipinski definition) is 6. The molecule has 156 valence electrons. The van der Waals surface area contributed by atoms with E-state index in [1.165, 1.54) is 16.0 Å². The largest absolute Gasteiger partial charge is 0.345 e. The first-order valence-electron chi connectivity index (χ1n) is 9.98. The van der Waals surface area contributed by atoms with Crippen LogP contribution in [0.25, 0.3) is 10.2 Å². The number of aryl methyl sites for hydroxylation is 2. The van der Waals surface area contributed by atoms with Gasteiger partial charge in [-0.05, 0) is 44.4 Å². The minimum absolute atomic E-state index is 0.0668. The molecule has 2 amide bonds. The molecule has 1 unspecified atom stereocenters. The molecule has 3 heterocycles. The second-order valence-corrected chi connectivity index (χ2v) is 9.69. The maximum Gasteiger partial charge on any atom is 0.249 e. The molecule has 0 bridgehead atoms. The molecule has 1 N–H and O–H groups in total. The van der Waals surface area contributed by atoms with E-state index in [0.29, 0.717) is 18.7 Å². The van der Waals surface area contributed by atoms with Crippen LogP contribution in [0.15, 0.2) is 35.6 Å². The zero-order valence-electron chi connectivity index (χ0n) is 17.3. The van der Waals surface area contributed by atoms with Gasteiger partial charge in [0, 0.05) is 34.7 Å². The molecule has 30 heavy (non-hydrogen) atoms. The first-order chi connectivity index (χ1) is 14.5. The average molecular weight is 441 g/mol. The van der Waals surface area contributed by atoms with Crippen molar-refractivity contribution in [2.45, 2.75) is 44.7 Å². The highest BCUT2D eigenvalue weighted by atomic mass is 32.2. The molecule has 8 heteroatoms. The van der Waals surface area contributed by atoms with Crippen LogP contribution in [-0.4, -0.2) is 40.1 Å². The van der Waals surface area contributed by atoms with Crippen LogP contribution in [0, 0.1) is 13.8 Å². The van der Waals surface area contributed by atoms with E-state index in [2.05, 4.69) is 29.1 Å². The van der Waals surface area contributed by atoms with Gasteiger partial charge in [-0.2, -0.15) is 0 Å². The number of rotatable bonds is 6. The van der Waals surface area contributed by atoms with Crippen LogP contribution >= 0.6 is 23.1 Å². The van der Waals surface area contributed by atoms with Crippen molar-refractivity contribution < 1.29 is 9.59 Å². The number of nitrogens with zero attached hydrogens (tertiary/aromatic N) is 3. The van der Waals surface area contributed by atoms with Gasteiger partial charge >= 0.3 is 0 Å². The Morgan fingerprint density at radius 1 is 1.27 bits per heavy atom. The van der Waals surface area contributed by atoms with Crippen molar-refractivity contribution in [3.05, 3.63) is 46.6 Å². The van der Waals surface area contributed by atoms with Crippen molar-refractivity contribution in [1.29, 1.82) is 0 Å². The molecular formula is C22H24N4O2S2. The van der Waals surface area contributed by atoms with Gasteiger partial charge in [0.2, 0.25) is 11.8 Å². The van der Waals surface area contributed by atoms with E-state index >= 15 is 0 Å². The number of thiophene rings is 1. The summed E-state index contributed by atoms with van der Waals surface area (Å²) >= 11 is 3.22. The Morgan fingerprint density at radius 3 is 2.90 bits per heavy atom. The van der Waals surface area contributed by atoms with E-state index in [-0.39, 0.29) is 11.8 Å². The standard InChI is InChI=1S/C22H24N4O2S2/c1-13-15(3)30-21-19(13)20(23-12-24-21)29-11-9-18(27)25-14(2)22(28)26-10-8-16-6-4-5-7-17(16)26/h4-7,12,14H,8-11H2,1-3H3,(H,25,27). The van der Waals surface area contributed by atoms with E-state index in [1.54, 1.807) is 41.2 Å². The van der Waals surface area contributed by atoms with Crippen LogP contribution in [-0.2, 0) is 16.0 Å². The molecule has 4 rings (SSSR count). The van der Waals surface area contributed by atoms with Gasteiger partial charge in [-0.3, -0.25) is 9.59 Å². The number of carbonyl (C=O) groups excluding carboxylic acids is 2. The maximum atomic E-state index is 12.8. The van der Waals surface area contributed by atoms with E-state index in [0.717, 1.165) is 27.4 Å². The van der Waals surface area contributed by atoms with Crippen molar-refractivity contribution in [1.82, 2.24) is 15.3 Å². The van der Waals surface area contributed by atoms with E-state index in [9.17, 15) is 9.59 Å². The quantitative estimate of drug-likeness (QED) is 0.465. The Labute approximate surface area is 184 Å². The molecule has 6 nitrogen and oxygen atoms in total. The van der Waals surface area contributed by atoms with Gasteiger partial charge in [0.15, 0.2) is 0 Å². The van der Waals surface area contributed by atoms with Crippen LogP contribution < -0.4 is 10.2 Å². The number of anilines is 1. The fraction of sp³-hybridized carbons (Fsp3) is 0.364. The number of nitrogens with one attached hydrogen (secondary N) is 1. The smallest absolute Gasteiger partial charge is 0.249 e. The number of thioether (sulfide) groups is 1. The van der Waals surface area contributed by atoms with Gasteiger partial charge in [-0.25, -0.2) is 9.97 Å². The summed E-state index contributed by atoms with van der Waals surface area (Å²) in [5, 5.41) is 4.85. The third-order valence-corrected chi connectivity index (χ3v) is 7.51. The molecule has 0 saturated heterocycles. The lowest BCUT2D eigenvalue weighted by atomic mass is 10.2. The number of aromatic nitrogens is 2. The van der Waals surface area contributed by atoms with E-state index in [4.69, 9.17) is 0 Å². The molecule has 1 aliphatic rings. The summed E-state index contributed by atoms with van der Waals surface area (Å²) in [6.07, 6.45) is 2.76. The van der Waals surface area contributed by atoms with Crippen molar-refractivity contribution in [3.63, 3.8) is 0 Å². The van der Waals surface area contributed by atoms with E-state index in [1.807, 2.05) is 24.3 Å². The number of hydrogen-bond donors (Lipinski definition) is 1. The van der Waals surface area contributed by atoms with Gasteiger partial charge in [0.05, 0.1) is 0 Å². The van der Waals surface area contributed by atoms with Gasteiger partial charge < -0.3 is 10.2 Å². The monoisotopic (exact) mass is 440 g/mol. The lowest BCUT2D eigenvalue weighted by molar-refractivity contribution is -0.126. The zero-order chi connectivity index (χ0) is 21.3. The fourth-order valence-electron chi connectivity index (χ4n) is 3.68. The van der Waals surface area contributed by atoms with Gasteiger partial charge in [-0.1, -0.05) is 18.2 Å². The number of benzene rings is 1. The maximum absolute atomic E-state index is 12.8. The second kappa shape index (κ2) is 8.73. The summed E-state index contributed by atoms with van der Waals surface area (Å²) in [4.78, 5) is 38.0. The number of fused-ring (bicyclic) bond motifs is 2. The first kappa shape index (κ1) is 20.8. The number of amides is 2. The molecule has 3 aromatic rings. The minimum Gasteiger partial charge on any atom is -0.345 e. The Bertz CT molecular complexity index is 1110. The highest BCUT2D eigenvalue weighted by molar-refractivity contribution is 7.99. The zero-order valence-corrected chi connectivity index (χ0v) is 18.9. The molecule has 0 radical (unpaired) electrons. The Morgan fingerprint density at radius 2 is 2.07 bits per heavy atom. The topological polar surface area (TPSA) is 75.2 Å². The molecule has 0 aliphatic carbocycles. The summed E-state index contributed by atoms with van der Waals surface area (Å²) in [6, 6.07) is 7.37. The van der Waals surface area contributed by atoms with Gasteiger partial charge in [-0.15, -0.1) is 23.1 Å². The van der Waals surface area contributed by atoms with Gasteiger partial charge in [0.25, 0.3) is 0 Å². The highest BCUT2D eigenvalue weighted by Gasteiger charge is 2.28. The van der Waals surface area contributed by atoms with Crippen LogP contribution in [0.4, 0.5) is 5.69 Å². The third kappa shape index (κ3) is 4.06. The SMILES string of the molecule is Cc1sc2ncnc(SCCC(=O)NC(C)C(=O)N3CCc4ccccc43)c2c1C. The molecule has 0 fully saturated rings. The summed E-state index contributed by atoms with van der Waals surface area (Å²) in [7, 11) is 0. The van der Waals surface area contributed by atoms with Crippen LogP contribution in [0.3, 0.4) is 0 Å². The molecule has 1 aliphatic heterocycles. The molecule has 1 atom stereocenters. The molecular weight excluding hydrogens is 416 g/mol. The van der Waals surface area contributed by atoms with Crippen LogP contribution in [0.5, 0.6) is 0 Å². The Hall–Kier alpha value is -2.45. The number of para-hydroxylation sites is 1. The third-order valence-electron chi connectivity index (χ3n) is 5.40. The molecule has 2 aromatic heterocycles. The van der Waals surface area contributed by atoms with Crippen molar-refractivity contribution in [3.8, 4) is 0 Å². The van der Waals surface area contributed by atoms with Crippen LogP contribution in [0.1, 0.15) is 29.3 Å². The first-order valence-corrected chi connectivity index (χ1v) is 11.8. The summed E-state index contributed by atoms with van der Waals surface area (Å²) < 4.78 is 0. The van der Waals surface area contributed by atoms with E-state index < -0.39 is 6.04 Å². The minimum atomic E-state index is -0.554. The Balaban J connectivity index is 1.32. The average Bonchev–Trinajstić information content (AvgIpc) is 3.29. The second-order valence-electron chi connectivity index (χ2n) is 7.40. The lowest BCUT2D eigenvalue weighted by Crippen LogP contribution is -2.46. The lowest BCUT2D eigenvalue weighted by Gasteiger charge is -2.22. The molecule has 0 saturated carbocycles.